The van der Waals surface area contributed by atoms with E-state index in [9.17, 15) is 0 Å². The summed E-state index contributed by atoms with van der Waals surface area (Å²) in [5, 5.41) is 4.54. The number of nitrogens with one attached hydrogen (secondary N) is 2. The number of thiophene rings is 1. The number of nitrogen functional groups attached to an aromatic ring is 1. The Kier molecular flexibility index (Phi) is 2.60. The van der Waals surface area contributed by atoms with Gasteiger partial charge in [0.05, 0.1) is 5.39 Å². The van der Waals surface area contributed by atoms with E-state index in [4.69, 9.17) is 5.84 Å². The van der Waals surface area contributed by atoms with Crippen molar-refractivity contribution in [2.24, 2.45) is 5.84 Å². The van der Waals surface area contributed by atoms with Gasteiger partial charge in [0.1, 0.15) is 10.6 Å². The first-order valence-electron chi connectivity index (χ1n) is 5.83. The highest BCUT2D eigenvalue weighted by molar-refractivity contribution is 7.18. The van der Waals surface area contributed by atoms with Crippen molar-refractivity contribution in [3.63, 3.8) is 0 Å². The first-order valence-corrected chi connectivity index (χ1v) is 6.65. The fourth-order valence-electron chi connectivity index (χ4n) is 1.74. The normalized spacial score (nSPS) is 15.2. The van der Waals surface area contributed by atoms with Gasteiger partial charge >= 0.3 is 0 Å². The van der Waals surface area contributed by atoms with Crippen molar-refractivity contribution in [1.29, 1.82) is 0 Å². The Morgan fingerprint density at radius 3 is 2.94 bits per heavy atom. The second-order valence-corrected chi connectivity index (χ2v) is 5.36. The van der Waals surface area contributed by atoms with Crippen LogP contribution in [0.25, 0.3) is 10.2 Å². The van der Waals surface area contributed by atoms with Crippen LogP contribution in [0.5, 0.6) is 0 Å². The van der Waals surface area contributed by atoms with E-state index < -0.39 is 0 Å². The van der Waals surface area contributed by atoms with Gasteiger partial charge in [0.2, 0.25) is 5.95 Å². The molecule has 1 aliphatic rings. The van der Waals surface area contributed by atoms with Gasteiger partial charge < -0.3 is 5.32 Å². The highest BCUT2D eigenvalue weighted by atomic mass is 32.1. The fourth-order valence-corrected chi connectivity index (χ4v) is 2.71. The van der Waals surface area contributed by atoms with Crippen molar-refractivity contribution in [3.8, 4) is 0 Å². The summed E-state index contributed by atoms with van der Waals surface area (Å²) in [6.07, 6.45) is 3.47. The summed E-state index contributed by atoms with van der Waals surface area (Å²) in [5.41, 5.74) is 2.52. The van der Waals surface area contributed by atoms with Crippen LogP contribution in [0.15, 0.2) is 6.07 Å². The lowest BCUT2D eigenvalue weighted by molar-refractivity contribution is 1.09. The van der Waals surface area contributed by atoms with E-state index in [0.29, 0.717) is 12.0 Å². The van der Waals surface area contributed by atoms with Crippen molar-refractivity contribution in [3.05, 3.63) is 10.9 Å². The number of anilines is 2. The highest BCUT2D eigenvalue weighted by Crippen LogP contribution is 2.33. The van der Waals surface area contributed by atoms with Gasteiger partial charge in [-0.1, -0.05) is 6.92 Å². The van der Waals surface area contributed by atoms with Crippen LogP contribution in [0.2, 0.25) is 0 Å². The molecule has 5 nitrogen and oxygen atoms in total. The number of nitrogens with two attached hydrogens (primary N) is 1. The zero-order valence-electron chi connectivity index (χ0n) is 9.66. The third-order valence-corrected chi connectivity index (χ3v) is 4.01. The van der Waals surface area contributed by atoms with Gasteiger partial charge in [-0.25, -0.2) is 10.8 Å². The lowest BCUT2D eigenvalue weighted by Crippen LogP contribution is -2.12. The summed E-state index contributed by atoms with van der Waals surface area (Å²) in [5.74, 6) is 6.78. The zero-order chi connectivity index (χ0) is 11.8. The summed E-state index contributed by atoms with van der Waals surface area (Å²) < 4.78 is 0. The van der Waals surface area contributed by atoms with Crippen LogP contribution >= 0.6 is 11.3 Å². The van der Waals surface area contributed by atoms with Crippen LogP contribution in [0.3, 0.4) is 0 Å². The summed E-state index contributed by atoms with van der Waals surface area (Å²) in [6, 6.07) is 2.74. The van der Waals surface area contributed by atoms with E-state index in [2.05, 4.69) is 33.7 Å². The first-order chi connectivity index (χ1) is 8.30. The van der Waals surface area contributed by atoms with Gasteiger partial charge in [0.25, 0.3) is 0 Å². The van der Waals surface area contributed by atoms with E-state index >= 15 is 0 Å². The molecule has 0 aliphatic heterocycles. The Morgan fingerprint density at radius 1 is 1.47 bits per heavy atom. The average molecular weight is 249 g/mol. The lowest BCUT2D eigenvalue weighted by Gasteiger charge is -2.06. The molecule has 0 spiro atoms. The molecule has 2 heterocycles. The largest absolute Gasteiger partial charge is 0.367 e. The van der Waals surface area contributed by atoms with Gasteiger partial charge in [0.15, 0.2) is 0 Å². The molecule has 0 unspecified atom stereocenters. The maximum absolute atomic E-state index is 5.40. The molecule has 17 heavy (non-hydrogen) atoms. The second kappa shape index (κ2) is 4.12. The first kappa shape index (κ1) is 10.7. The van der Waals surface area contributed by atoms with Gasteiger partial charge in [0, 0.05) is 10.9 Å². The Labute approximate surface area is 103 Å². The maximum atomic E-state index is 5.40. The van der Waals surface area contributed by atoms with E-state index in [-0.39, 0.29) is 0 Å². The van der Waals surface area contributed by atoms with E-state index in [1.807, 2.05) is 0 Å². The number of aryl methyl sites for hydroxylation is 1. The van der Waals surface area contributed by atoms with Crippen molar-refractivity contribution >= 4 is 33.3 Å². The minimum Gasteiger partial charge on any atom is -0.367 e. The van der Waals surface area contributed by atoms with Crippen LogP contribution in [0.4, 0.5) is 11.8 Å². The van der Waals surface area contributed by atoms with Crippen molar-refractivity contribution in [1.82, 2.24) is 9.97 Å². The molecule has 0 radical (unpaired) electrons. The molecular weight excluding hydrogens is 234 g/mol. The van der Waals surface area contributed by atoms with E-state index in [1.165, 1.54) is 17.7 Å². The molecular formula is C11H15N5S. The van der Waals surface area contributed by atoms with Gasteiger partial charge in [-0.3, -0.25) is 5.43 Å². The monoisotopic (exact) mass is 249 g/mol. The fraction of sp³-hybridized carbons (Fsp3) is 0.455. The smallest absolute Gasteiger partial charge is 0.240 e. The molecule has 1 fully saturated rings. The van der Waals surface area contributed by atoms with Crippen LogP contribution in [0, 0.1) is 0 Å². The number of hydrogen-bond donors (Lipinski definition) is 3. The standard InChI is InChI=1S/C11H15N5S/c1-2-7-5-8-9(13-6-3-4-6)14-11(16-12)15-10(8)17-7/h5-6H,2-4,12H2,1H3,(H2,13,14,15,16). The molecule has 1 saturated carbocycles. The third kappa shape index (κ3) is 2.05. The maximum Gasteiger partial charge on any atom is 0.240 e. The molecule has 0 atom stereocenters. The topological polar surface area (TPSA) is 75.9 Å². The highest BCUT2D eigenvalue weighted by Gasteiger charge is 2.23. The number of aromatic nitrogens is 2. The number of hydrogen-bond acceptors (Lipinski definition) is 6. The average Bonchev–Trinajstić information content (AvgIpc) is 3.05. The number of hydrazine groups is 1. The summed E-state index contributed by atoms with van der Waals surface area (Å²) in [6.45, 7) is 2.15. The Hall–Kier alpha value is -1.40. The molecule has 4 N–H and O–H groups in total. The van der Waals surface area contributed by atoms with Crippen LogP contribution < -0.4 is 16.6 Å². The predicted octanol–water partition coefficient (Wildman–Crippen LogP) is 2.11. The third-order valence-electron chi connectivity index (χ3n) is 2.84. The zero-order valence-corrected chi connectivity index (χ0v) is 10.5. The number of nitrogens with zero attached hydrogens (tertiary/aromatic N) is 2. The molecule has 6 heteroatoms. The summed E-state index contributed by atoms with van der Waals surface area (Å²) >= 11 is 1.70. The molecule has 3 rings (SSSR count). The molecule has 0 bridgehead atoms. The van der Waals surface area contributed by atoms with E-state index in [1.54, 1.807) is 11.3 Å². The van der Waals surface area contributed by atoms with Crippen LogP contribution in [0.1, 0.15) is 24.6 Å². The molecule has 90 valence electrons. The molecule has 2 aromatic rings. The van der Waals surface area contributed by atoms with Crippen molar-refractivity contribution in [2.75, 3.05) is 10.7 Å². The van der Waals surface area contributed by atoms with Crippen molar-refractivity contribution < 1.29 is 0 Å². The Bertz CT molecular complexity index is 546. The number of fused-ring (bicyclic) bond motifs is 1. The molecule has 0 saturated heterocycles. The van der Waals surface area contributed by atoms with Gasteiger partial charge in [-0.15, -0.1) is 11.3 Å². The Balaban J connectivity index is 2.10. The van der Waals surface area contributed by atoms with Gasteiger partial charge in [-0.2, -0.15) is 4.98 Å². The quantitative estimate of drug-likeness (QED) is 0.571. The molecule has 2 aromatic heterocycles. The number of rotatable bonds is 4. The molecule has 0 amide bonds. The van der Waals surface area contributed by atoms with Crippen LogP contribution in [-0.2, 0) is 6.42 Å². The summed E-state index contributed by atoms with van der Waals surface area (Å²) in [4.78, 5) is 11.1. The minimum atomic E-state index is 0.477. The predicted molar refractivity (Wildman–Crippen MR) is 71.2 cm³/mol. The Morgan fingerprint density at radius 2 is 2.29 bits per heavy atom. The molecule has 1 aliphatic carbocycles. The summed E-state index contributed by atoms with van der Waals surface area (Å²) in [7, 11) is 0. The van der Waals surface area contributed by atoms with Gasteiger partial charge in [-0.05, 0) is 25.3 Å². The minimum absolute atomic E-state index is 0.477. The van der Waals surface area contributed by atoms with E-state index in [0.717, 1.165) is 22.5 Å². The lowest BCUT2D eigenvalue weighted by atomic mass is 10.3. The second-order valence-electron chi connectivity index (χ2n) is 4.24. The van der Waals surface area contributed by atoms with Crippen molar-refractivity contribution in [2.45, 2.75) is 32.2 Å². The molecule has 0 aromatic carbocycles. The SMILES string of the molecule is CCc1cc2c(NC3CC3)nc(NN)nc2s1. The van der Waals surface area contributed by atoms with Crippen LogP contribution in [-0.4, -0.2) is 16.0 Å².